The first-order valence-corrected chi connectivity index (χ1v) is 11.4. The van der Waals surface area contributed by atoms with Crippen LogP contribution in [0, 0.1) is 5.92 Å². The van der Waals surface area contributed by atoms with Gasteiger partial charge in [-0.05, 0) is 53.5 Å². The second-order valence-electron chi connectivity index (χ2n) is 8.82. The maximum absolute atomic E-state index is 12.8. The fourth-order valence-corrected chi connectivity index (χ4v) is 4.99. The summed E-state index contributed by atoms with van der Waals surface area (Å²) >= 11 is 0. The first-order chi connectivity index (χ1) is 16.2. The van der Waals surface area contributed by atoms with E-state index in [0.717, 1.165) is 65.8 Å². The zero-order valence-corrected chi connectivity index (χ0v) is 18.6. The van der Waals surface area contributed by atoms with Crippen molar-refractivity contribution in [3.8, 4) is 0 Å². The summed E-state index contributed by atoms with van der Waals surface area (Å²) in [6.45, 7) is 6.55. The minimum absolute atomic E-state index is 0.0542. The molecule has 1 saturated heterocycles. The van der Waals surface area contributed by atoms with Gasteiger partial charge in [-0.15, -0.1) is 0 Å². The molecular formula is C26H26N6O. The molecule has 4 aliphatic rings. The van der Waals surface area contributed by atoms with E-state index in [-0.39, 0.29) is 11.8 Å². The number of fused-ring (bicyclic) bond motifs is 2. The molecule has 0 saturated carbocycles. The molecule has 7 heteroatoms. The van der Waals surface area contributed by atoms with Gasteiger partial charge < -0.3 is 20.9 Å². The Morgan fingerprint density at radius 2 is 2.03 bits per heavy atom. The monoisotopic (exact) mass is 438 g/mol. The normalized spacial score (nSPS) is 21.1. The molecule has 1 aliphatic carbocycles. The molecule has 0 radical (unpaired) electrons. The highest BCUT2D eigenvalue weighted by Gasteiger charge is 2.31. The molecule has 0 spiro atoms. The lowest BCUT2D eigenvalue weighted by atomic mass is 9.84. The van der Waals surface area contributed by atoms with Gasteiger partial charge in [0.1, 0.15) is 5.82 Å². The quantitative estimate of drug-likeness (QED) is 0.682. The number of hydrogen-bond donors (Lipinski definition) is 3. The molecule has 3 N–H and O–H groups in total. The van der Waals surface area contributed by atoms with E-state index in [1.54, 1.807) is 0 Å². The van der Waals surface area contributed by atoms with Crippen LogP contribution in [0.5, 0.6) is 0 Å². The van der Waals surface area contributed by atoms with E-state index >= 15 is 0 Å². The molecule has 3 aliphatic heterocycles. The summed E-state index contributed by atoms with van der Waals surface area (Å²) in [7, 11) is 0. The second kappa shape index (κ2) is 8.01. The van der Waals surface area contributed by atoms with Crippen LogP contribution in [0.15, 0.2) is 65.5 Å². The van der Waals surface area contributed by atoms with Gasteiger partial charge in [0, 0.05) is 44.8 Å². The number of rotatable bonds is 4. The van der Waals surface area contributed by atoms with Crippen LogP contribution in [-0.2, 0) is 6.54 Å². The first kappa shape index (κ1) is 19.9. The molecule has 4 heterocycles. The van der Waals surface area contributed by atoms with Crippen LogP contribution in [0.4, 0.5) is 17.2 Å². The lowest BCUT2D eigenvalue weighted by Gasteiger charge is -2.29. The van der Waals surface area contributed by atoms with Crippen molar-refractivity contribution in [1.29, 1.82) is 0 Å². The number of nitrogens with one attached hydrogen (secondary N) is 3. The smallest absolute Gasteiger partial charge is 0.254 e. The van der Waals surface area contributed by atoms with Crippen molar-refractivity contribution < 1.29 is 4.79 Å². The maximum atomic E-state index is 12.8. The van der Waals surface area contributed by atoms with E-state index in [1.165, 1.54) is 5.57 Å². The molecule has 166 valence electrons. The number of hydrogen-bond acceptors (Lipinski definition) is 6. The van der Waals surface area contributed by atoms with Gasteiger partial charge in [0.2, 0.25) is 0 Å². The Hall–Kier alpha value is -3.71. The van der Waals surface area contributed by atoms with Crippen molar-refractivity contribution in [3.05, 3.63) is 77.2 Å². The van der Waals surface area contributed by atoms with Crippen molar-refractivity contribution in [2.45, 2.75) is 13.5 Å². The zero-order valence-electron chi connectivity index (χ0n) is 18.6. The third-order valence-corrected chi connectivity index (χ3v) is 6.70. The average molecular weight is 439 g/mol. The Kier molecular flexibility index (Phi) is 4.84. The number of nitrogens with zero attached hydrogens (tertiary/aromatic N) is 3. The van der Waals surface area contributed by atoms with Crippen molar-refractivity contribution in [3.63, 3.8) is 0 Å². The molecule has 0 bridgehead atoms. The van der Waals surface area contributed by atoms with E-state index in [1.807, 2.05) is 24.5 Å². The molecule has 2 aromatic rings. The number of benzene rings is 1. The van der Waals surface area contributed by atoms with Gasteiger partial charge in [-0.3, -0.25) is 9.79 Å². The van der Waals surface area contributed by atoms with E-state index in [0.29, 0.717) is 12.1 Å². The third kappa shape index (κ3) is 3.54. The van der Waals surface area contributed by atoms with Gasteiger partial charge in [0.05, 0.1) is 28.8 Å². The third-order valence-electron chi connectivity index (χ3n) is 6.70. The number of aromatic nitrogens is 1. The van der Waals surface area contributed by atoms with Gasteiger partial charge in [0.15, 0.2) is 0 Å². The summed E-state index contributed by atoms with van der Waals surface area (Å²) in [5, 5.41) is 9.74. The zero-order chi connectivity index (χ0) is 22.4. The minimum atomic E-state index is -0.0542. The predicted molar refractivity (Wildman–Crippen MR) is 132 cm³/mol. The highest BCUT2D eigenvalue weighted by atomic mass is 16.1. The van der Waals surface area contributed by atoms with Gasteiger partial charge >= 0.3 is 0 Å². The number of pyridine rings is 1. The number of aliphatic imine (C=N–C) groups is 1. The number of allylic oxidation sites excluding steroid dienone is 5. The largest absolute Gasteiger partial charge is 0.368 e. The Labute approximate surface area is 193 Å². The lowest BCUT2D eigenvalue weighted by molar-refractivity contribution is 0.0966. The Bertz CT molecular complexity index is 1250. The van der Waals surface area contributed by atoms with E-state index in [4.69, 9.17) is 0 Å². The van der Waals surface area contributed by atoms with Crippen LogP contribution in [-0.4, -0.2) is 42.8 Å². The fraction of sp³-hybridized carbons (Fsp3) is 0.269. The number of anilines is 3. The van der Waals surface area contributed by atoms with Gasteiger partial charge in [-0.25, -0.2) is 4.98 Å². The van der Waals surface area contributed by atoms with Gasteiger partial charge in [-0.2, -0.15) is 0 Å². The topological polar surface area (TPSA) is 81.7 Å². The summed E-state index contributed by atoms with van der Waals surface area (Å²) < 4.78 is 0. The average Bonchev–Trinajstić information content (AvgIpc) is 3.44. The molecule has 1 atom stereocenters. The molecular weight excluding hydrogens is 412 g/mol. The minimum Gasteiger partial charge on any atom is -0.368 e. The predicted octanol–water partition coefficient (Wildman–Crippen LogP) is 3.41. The van der Waals surface area contributed by atoms with Crippen LogP contribution >= 0.6 is 0 Å². The molecule has 1 fully saturated rings. The molecule has 33 heavy (non-hydrogen) atoms. The van der Waals surface area contributed by atoms with Crippen molar-refractivity contribution in [2.75, 3.05) is 36.4 Å². The Balaban J connectivity index is 1.28. The van der Waals surface area contributed by atoms with Gasteiger partial charge in [0.25, 0.3) is 5.91 Å². The van der Waals surface area contributed by atoms with Crippen LogP contribution in [0.25, 0.3) is 5.57 Å². The Morgan fingerprint density at radius 3 is 2.85 bits per heavy atom. The maximum Gasteiger partial charge on any atom is 0.254 e. The molecule has 1 aromatic heterocycles. The lowest BCUT2D eigenvalue weighted by Crippen LogP contribution is -2.43. The van der Waals surface area contributed by atoms with Crippen LogP contribution in [0.3, 0.4) is 0 Å². The van der Waals surface area contributed by atoms with Crippen LogP contribution in [0.1, 0.15) is 28.4 Å². The highest BCUT2D eigenvalue weighted by Crippen LogP contribution is 2.39. The second-order valence-corrected chi connectivity index (χ2v) is 8.82. The van der Waals surface area contributed by atoms with Crippen molar-refractivity contribution in [1.82, 2.24) is 15.6 Å². The van der Waals surface area contributed by atoms with E-state index in [2.05, 4.69) is 68.1 Å². The number of carbonyl (C=O) groups excluding carboxylic acids is 1. The molecule has 1 amide bonds. The number of piperazine rings is 1. The fourth-order valence-electron chi connectivity index (χ4n) is 4.99. The summed E-state index contributed by atoms with van der Waals surface area (Å²) in [4.78, 5) is 24.3. The first-order valence-electron chi connectivity index (χ1n) is 11.4. The van der Waals surface area contributed by atoms with E-state index < -0.39 is 0 Å². The number of amides is 1. The van der Waals surface area contributed by atoms with Crippen molar-refractivity contribution in [2.24, 2.45) is 10.9 Å². The summed E-state index contributed by atoms with van der Waals surface area (Å²) in [6.07, 6.45) is 10.3. The summed E-state index contributed by atoms with van der Waals surface area (Å²) in [6, 6.07) is 8.14. The van der Waals surface area contributed by atoms with Crippen LogP contribution in [0.2, 0.25) is 0 Å². The molecule has 7 nitrogen and oxygen atoms in total. The standard InChI is InChI=1S/C26H26N6O/c1-16-2-4-19-20(14-28-23(19)12-16)18-5-6-22(25-21(18)15-30-26(25)33)31-24-7-3-17(13-29-24)32-10-8-27-9-11-32/h2-7,12-14,19,27H,8-11,15H2,1H3,(H,29,31)(H,30,33). The number of carbonyl (C=O) groups is 1. The van der Waals surface area contributed by atoms with Crippen LogP contribution < -0.4 is 20.9 Å². The molecule has 1 unspecified atom stereocenters. The highest BCUT2D eigenvalue weighted by molar-refractivity contribution is 6.12. The summed E-state index contributed by atoms with van der Waals surface area (Å²) in [5.41, 5.74) is 8.10. The Morgan fingerprint density at radius 1 is 1.15 bits per heavy atom. The molecule has 1 aromatic carbocycles. The molecule has 6 rings (SSSR count). The SMILES string of the molecule is CC1=CC2=NC=C(c3ccc(Nc4ccc(N5CCNCC5)cn4)c4c3CNC4=O)C2C=C1. The summed E-state index contributed by atoms with van der Waals surface area (Å²) in [5.74, 6) is 0.818. The van der Waals surface area contributed by atoms with Crippen molar-refractivity contribution >= 4 is 34.4 Å². The van der Waals surface area contributed by atoms with Gasteiger partial charge in [-0.1, -0.05) is 18.2 Å². The van der Waals surface area contributed by atoms with E-state index in [9.17, 15) is 4.79 Å².